The summed E-state index contributed by atoms with van der Waals surface area (Å²) in [5, 5.41) is 12.4. The fourth-order valence-electron chi connectivity index (χ4n) is 4.36. The van der Waals surface area contributed by atoms with Crippen LogP contribution >= 0.6 is 0 Å². The van der Waals surface area contributed by atoms with E-state index in [1.807, 2.05) is 18.2 Å². The van der Waals surface area contributed by atoms with E-state index in [4.69, 9.17) is 5.21 Å². The standard InChI is InChI=1S/C22H32N4O3/c1-17(26-12-4-5-18(15-26)16-27)23-20-10-13-25(14-11-20)21-7-3-2-6-19(21)8-9-22(28)24-29/h2-3,6-9,16-18,20,23,29H,4-5,10-15H2,1H3,(H,24,28). The highest BCUT2D eigenvalue weighted by Gasteiger charge is 2.26. The van der Waals surface area contributed by atoms with Gasteiger partial charge in [0.05, 0.1) is 6.17 Å². The summed E-state index contributed by atoms with van der Waals surface area (Å²) in [4.78, 5) is 27.2. The van der Waals surface area contributed by atoms with Crippen molar-refractivity contribution >= 4 is 24.0 Å². The quantitative estimate of drug-likeness (QED) is 0.281. The van der Waals surface area contributed by atoms with Crippen molar-refractivity contribution in [2.45, 2.75) is 44.8 Å². The molecule has 1 aromatic carbocycles. The van der Waals surface area contributed by atoms with Crippen LogP contribution in [0.1, 0.15) is 38.2 Å². The van der Waals surface area contributed by atoms with Gasteiger partial charge in [0.1, 0.15) is 6.29 Å². The van der Waals surface area contributed by atoms with Crippen LogP contribution in [0.3, 0.4) is 0 Å². The van der Waals surface area contributed by atoms with Gasteiger partial charge in [-0.05, 0) is 56.9 Å². The molecule has 2 saturated heterocycles. The summed E-state index contributed by atoms with van der Waals surface area (Å²) in [5.41, 5.74) is 3.69. The Bertz CT molecular complexity index is 716. The Balaban J connectivity index is 1.54. The SMILES string of the molecule is CC(NC1CCN(c2ccccc2C=CC(=O)NO)CC1)N1CCCC(C=O)C1. The normalized spacial score (nSPS) is 22.6. The number of piperidine rings is 2. The Hall–Kier alpha value is -2.22. The Labute approximate surface area is 172 Å². The number of anilines is 1. The average molecular weight is 401 g/mol. The lowest BCUT2D eigenvalue weighted by Gasteiger charge is -2.40. The number of nitrogens with one attached hydrogen (secondary N) is 2. The number of carbonyl (C=O) groups excluding carboxylic acids is 2. The van der Waals surface area contributed by atoms with Crippen LogP contribution in [0.4, 0.5) is 5.69 Å². The highest BCUT2D eigenvalue weighted by Crippen LogP contribution is 2.26. The number of nitrogens with zero attached hydrogens (tertiary/aromatic N) is 2. The first-order valence-electron chi connectivity index (χ1n) is 10.5. The third-order valence-corrected chi connectivity index (χ3v) is 6.00. The highest BCUT2D eigenvalue weighted by atomic mass is 16.5. The molecular weight excluding hydrogens is 368 g/mol. The minimum absolute atomic E-state index is 0.173. The second kappa shape index (κ2) is 10.5. The van der Waals surface area contributed by atoms with Crippen molar-refractivity contribution in [1.82, 2.24) is 15.7 Å². The lowest BCUT2D eigenvalue weighted by atomic mass is 9.98. The maximum Gasteiger partial charge on any atom is 0.267 e. The molecule has 2 unspecified atom stereocenters. The van der Waals surface area contributed by atoms with E-state index < -0.39 is 5.91 Å². The first-order valence-corrected chi connectivity index (χ1v) is 10.5. The Morgan fingerprint density at radius 3 is 2.69 bits per heavy atom. The number of hydroxylamine groups is 1. The van der Waals surface area contributed by atoms with Crippen LogP contribution in [-0.2, 0) is 9.59 Å². The van der Waals surface area contributed by atoms with Crippen molar-refractivity contribution in [2.75, 3.05) is 31.1 Å². The molecule has 0 aromatic heterocycles. The molecule has 1 amide bonds. The minimum Gasteiger partial charge on any atom is -0.371 e. The number of hydrogen-bond acceptors (Lipinski definition) is 6. The van der Waals surface area contributed by atoms with Gasteiger partial charge in [-0.3, -0.25) is 20.2 Å². The summed E-state index contributed by atoms with van der Waals surface area (Å²) in [5.74, 6) is -0.362. The summed E-state index contributed by atoms with van der Waals surface area (Å²) < 4.78 is 0. The topological polar surface area (TPSA) is 84.9 Å². The summed E-state index contributed by atoms with van der Waals surface area (Å²) in [6.45, 7) is 6.00. The van der Waals surface area contributed by atoms with Gasteiger partial charge in [-0.15, -0.1) is 0 Å². The van der Waals surface area contributed by atoms with E-state index >= 15 is 0 Å². The predicted molar refractivity (Wildman–Crippen MR) is 114 cm³/mol. The van der Waals surface area contributed by atoms with Gasteiger partial charge in [-0.25, -0.2) is 5.48 Å². The van der Waals surface area contributed by atoms with Gasteiger partial charge in [0, 0.05) is 43.4 Å². The number of para-hydroxylation sites is 1. The van der Waals surface area contributed by atoms with Crippen LogP contribution in [0.15, 0.2) is 30.3 Å². The molecule has 2 fully saturated rings. The second-order valence-electron chi connectivity index (χ2n) is 8.01. The number of hydrogen-bond donors (Lipinski definition) is 3. The first kappa shape index (κ1) is 21.5. The van der Waals surface area contributed by atoms with Gasteiger partial charge in [-0.2, -0.15) is 0 Å². The van der Waals surface area contributed by atoms with Gasteiger partial charge in [-0.1, -0.05) is 18.2 Å². The number of amides is 1. The summed E-state index contributed by atoms with van der Waals surface area (Å²) >= 11 is 0. The average Bonchev–Trinajstić information content (AvgIpc) is 2.78. The predicted octanol–water partition coefficient (Wildman–Crippen LogP) is 2.02. The van der Waals surface area contributed by atoms with E-state index in [-0.39, 0.29) is 12.1 Å². The van der Waals surface area contributed by atoms with Gasteiger partial charge < -0.3 is 9.69 Å². The number of benzene rings is 1. The molecule has 2 aliphatic rings. The largest absolute Gasteiger partial charge is 0.371 e. The lowest BCUT2D eigenvalue weighted by Crippen LogP contribution is -2.53. The molecule has 29 heavy (non-hydrogen) atoms. The molecule has 7 heteroatoms. The Morgan fingerprint density at radius 1 is 1.21 bits per heavy atom. The Morgan fingerprint density at radius 2 is 1.97 bits per heavy atom. The molecule has 0 saturated carbocycles. The molecular formula is C22H32N4O3. The van der Waals surface area contributed by atoms with Crippen molar-refractivity contribution in [2.24, 2.45) is 5.92 Å². The number of carbonyl (C=O) groups is 2. The van der Waals surface area contributed by atoms with Crippen molar-refractivity contribution in [3.63, 3.8) is 0 Å². The van der Waals surface area contributed by atoms with Crippen LogP contribution in [0.25, 0.3) is 6.08 Å². The molecule has 3 N–H and O–H groups in total. The van der Waals surface area contributed by atoms with Crippen molar-refractivity contribution in [3.05, 3.63) is 35.9 Å². The minimum atomic E-state index is -0.536. The van der Waals surface area contributed by atoms with Crippen LogP contribution in [0.2, 0.25) is 0 Å². The van der Waals surface area contributed by atoms with Gasteiger partial charge in [0.2, 0.25) is 0 Å². The third kappa shape index (κ3) is 5.88. The van der Waals surface area contributed by atoms with E-state index in [2.05, 4.69) is 28.1 Å². The molecule has 3 rings (SSSR count). The summed E-state index contributed by atoms with van der Waals surface area (Å²) in [7, 11) is 0. The van der Waals surface area contributed by atoms with E-state index in [1.165, 1.54) is 6.08 Å². The van der Waals surface area contributed by atoms with Crippen molar-refractivity contribution in [3.8, 4) is 0 Å². The molecule has 0 spiro atoms. The zero-order valence-corrected chi connectivity index (χ0v) is 17.1. The van der Waals surface area contributed by atoms with Crippen LogP contribution in [0, 0.1) is 5.92 Å². The van der Waals surface area contributed by atoms with E-state index in [9.17, 15) is 9.59 Å². The molecule has 0 radical (unpaired) electrons. The number of aldehydes is 1. The second-order valence-corrected chi connectivity index (χ2v) is 8.01. The monoisotopic (exact) mass is 400 g/mol. The summed E-state index contributed by atoms with van der Waals surface area (Å²) in [6, 6.07) is 8.45. The third-order valence-electron chi connectivity index (χ3n) is 6.00. The molecule has 2 heterocycles. The Kier molecular flexibility index (Phi) is 7.80. The van der Waals surface area contributed by atoms with Gasteiger partial charge in [0.25, 0.3) is 5.91 Å². The molecule has 0 bridgehead atoms. The molecule has 2 aliphatic heterocycles. The van der Waals surface area contributed by atoms with Crippen LogP contribution in [-0.4, -0.2) is 60.7 Å². The number of rotatable bonds is 7. The zero-order valence-electron chi connectivity index (χ0n) is 17.1. The molecule has 1 aromatic rings. The molecule has 158 valence electrons. The van der Waals surface area contributed by atoms with Crippen molar-refractivity contribution in [1.29, 1.82) is 0 Å². The molecule has 0 aliphatic carbocycles. The molecule has 2 atom stereocenters. The highest BCUT2D eigenvalue weighted by molar-refractivity contribution is 5.91. The van der Waals surface area contributed by atoms with Crippen LogP contribution in [0.5, 0.6) is 0 Å². The van der Waals surface area contributed by atoms with E-state index in [0.29, 0.717) is 6.04 Å². The first-order chi connectivity index (χ1) is 14.1. The maximum absolute atomic E-state index is 11.3. The zero-order chi connectivity index (χ0) is 20.6. The van der Waals surface area contributed by atoms with E-state index in [0.717, 1.165) is 69.4 Å². The number of likely N-dealkylation sites (tertiary alicyclic amines) is 1. The van der Waals surface area contributed by atoms with Gasteiger partial charge in [0.15, 0.2) is 0 Å². The van der Waals surface area contributed by atoms with E-state index in [1.54, 1.807) is 11.6 Å². The van der Waals surface area contributed by atoms with Crippen molar-refractivity contribution < 1.29 is 14.8 Å². The molecule has 7 nitrogen and oxygen atoms in total. The fourth-order valence-corrected chi connectivity index (χ4v) is 4.36. The fraction of sp³-hybridized carbons (Fsp3) is 0.545. The van der Waals surface area contributed by atoms with Gasteiger partial charge >= 0.3 is 0 Å². The maximum atomic E-state index is 11.3. The lowest BCUT2D eigenvalue weighted by molar-refractivity contribution is -0.124. The summed E-state index contributed by atoms with van der Waals surface area (Å²) in [6.07, 6.45) is 8.64. The van der Waals surface area contributed by atoms with Crippen LogP contribution < -0.4 is 15.7 Å². The smallest absolute Gasteiger partial charge is 0.267 e.